The summed E-state index contributed by atoms with van der Waals surface area (Å²) in [6.07, 6.45) is 8.31. The summed E-state index contributed by atoms with van der Waals surface area (Å²) in [5, 5.41) is 13.4. The summed E-state index contributed by atoms with van der Waals surface area (Å²) in [7, 11) is 0. The molecule has 2 rings (SSSR count). The smallest absolute Gasteiger partial charge is 0.119 e. The maximum atomic E-state index is 9.96. The number of nitrogens with one attached hydrogen (secondary N) is 1. The Labute approximate surface area is 121 Å². The Bertz CT molecular complexity index is 431. The number of aliphatic hydroxyl groups is 1. The highest BCUT2D eigenvalue weighted by atomic mass is 16.5. The Morgan fingerprint density at radius 2 is 2.30 bits per heavy atom. The fraction of sp³-hybridized carbons (Fsp3) is 0.529. The summed E-state index contributed by atoms with van der Waals surface area (Å²) in [5.41, 5.74) is 1.25. The van der Waals surface area contributed by atoms with Gasteiger partial charge in [-0.2, -0.15) is 0 Å². The molecule has 0 bridgehead atoms. The van der Waals surface area contributed by atoms with Gasteiger partial charge in [-0.25, -0.2) is 0 Å². The van der Waals surface area contributed by atoms with Crippen molar-refractivity contribution in [2.24, 2.45) is 0 Å². The molecular weight excluding hydrogens is 250 g/mol. The van der Waals surface area contributed by atoms with Crippen molar-refractivity contribution in [3.05, 3.63) is 42.0 Å². The topological polar surface area (TPSA) is 41.5 Å². The average Bonchev–Trinajstić information content (AvgIpc) is 2.52. The molecule has 1 aromatic rings. The van der Waals surface area contributed by atoms with E-state index in [0.717, 1.165) is 31.4 Å². The highest BCUT2D eigenvalue weighted by molar-refractivity contribution is 5.28. The highest BCUT2D eigenvalue weighted by Gasteiger charge is 2.12. The van der Waals surface area contributed by atoms with Gasteiger partial charge < -0.3 is 15.2 Å². The van der Waals surface area contributed by atoms with Gasteiger partial charge in [0.25, 0.3) is 0 Å². The summed E-state index contributed by atoms with van der Waals surface area (Å²) in [6.45, 7) is 3.05. The zero-order valence-corrected chi connectivity index (χ0v) is 12.2. The first-order valence-electron chi connectivity index (χ1n) is 7.56. The highest BCUT2D eigenvalue weighted by Crippen LogP contribution is 2.14. The quantitative estimate of drug-likeness (QED) is 0.752. The lowest BCUT2D eigenvalue weighted by Gasteiger charge is -2.21. The van der Waals surface area contributed by atoms with Gasteiger partial charge in [0.1, 0.15) is 18.5 Å². The fourth-order valence-electron chi connectivity index (χ4n) is 2.39. The Kier molecular flexibility index (Phi) is 6.09. The van der Waals surface area contributed by atoms with Crippen LogP contribution in [0.3, 0.4) is 0 Å². The second kappa shape index (κ2) is 8.08. The van der Waals surface area contributed by atoms with E-state index in [9.17, 15) is 5.11 Å². The van der Waals surface area contributed by atoms with Gasteiger partial charge in [0.2, 0.25) is 0 Å². The van der Waals surface area contributed by atoms with E-state index < -0.39 is 6.10 Å². The molecule has 0 heterocycles. The first kappa shape index (κ1) is 15.1. The van der Waals surface area contributed by atoms with E-state index >= 15 is 0 Å². The Morgan fingerprint density at radius 1 is 1.40 bits per heavy atom. The van der Waals surface area contributed by atoms with E-state index in [1.807, 2.05) is 18.2 Å². The number of rotatable bonds is 7. The van der Waals surface area contributed by atoms with E-state index in [-0.39, 0.29) is 0 Å². The van der Waals surface area contributed by atoms with Gasteiger partial charge in [-0.05, 0) is 43.4 Å². The summed E-state index contributed by atoms with van der Waals surface area (Å²) in [6, 6.07) is 8.55. The first-order chi connectivity index (χ1) is 9.78. The molecular formula is C17H25NO2. The maximum Gasteiger partial charge on any atom is 0.119 e. The standard InChI is InChI=1S/C17H25NO2/c1-2-14-7-6-10-17(11-14)20-13-16(19)12-18-15-8-4-3-5-9-15/h3-4,6-7,10-11,15-16,18-19H,2,5,8-9,12-13H2,1H3. The number of aryl methyl sites for hydroxylation is 1. The zero-order valence-electron chi connectivity index (χ0n) is 12.2. The van der Waals surface area contributed by atoms with Crippen molar-refractivity contribution in [2.75, 3.05) is 13.2 Å². The molecule has 0 aromatic heterocycles. The van der Waals surface area contributed by atoms with Crippen molar-refractivity contribution in [1.29, 1.82) is 0 Å². The van der Waals surface area contributed by atoms with Gasteiger partial charge in [0, 0.05) is 12.6 Å². The van der Waals surface area contributed by atoms with Crippen LogP contribution in [0.1, 0.15) is 31.7 Å². The molecule has 3 heteroatoms. The molecule has 0 fully saturated rings. The van der Waals surface area contributed by atoms with Crippen LogP contribution in [0.25, 0.3) is 0 Å². The second-order valence-corrected chi connectivity index (χ2v) is 5.36. The molecule has 3 nitrogen and oxygen atoms in total. The summed E-state index contributed by atoms with van der Waals surface area (Å²) >= 11 is 0. The van der Waals surface area contributed by atoms with Crippen molar-refractivity contribution in [1.82, 2.24) is 5.32 Å². The minimum absolute atomic E-state index is 0.336. The lowest BCUT2D eigenvalue weighted by atomic mass is 10.0. The molecule has 2 N–H and O–H groups in total. The van der Waals surface area contributed by atoms with Gasteiger partial charge >= 0.3 is 0 Å². The molecule has 0 amide bonds. The summed E-state index contributed by atoms with van der Waals surface area (Å²) in [5.74, 6) is 0.837. The molecule has 20 heavy (non-hydrogen) atoms. The molecule has 2 unspecified atom stereocenters. The molecule has 0 saturated heterocycles. The molecule has 0 aliphatic heterocycles. The molecule has 0 saturated carbocycles. The van der Waals surface area contributed by atoms with E-state index in [0.29, 0.717) is 19.2 Å². The van der Waals surface area contributed by atoms with Crippen molar-refractivity contribution in [3.8, 4) is 5.75 Å². The van der Waals surface area contributed by atoms with Crippen LogP contribution < -0.4 is 10.1 Å². The van der Waals surface area contributed by atoms with Crippen molar-refractivity contribution < 1.29 is 9.84 Å². The average molecular weight is 275 g/mol. The minimum Gasteiger partial charge on any atom is -0.491 e. The lowest BCUT2D eigenvalue weighted by molar-refractivity contribution is 0.103. The summed E-state index contributed by atoms with van der Waals surface area (Å²) < 4.78 is 5.65. The van der Waals surface area contributed by atoms with Crippen LogP contribution in [0.15, 0.2) is 36.4 Å². The molecule has 0 radical (unpaired) electrons. The third-order valence-electron chi connectivity index (χ3n) is 3.66. The number of allylic oxidation sites excluding steroid dienone is 1. The van der Waals surface area contributed by atoms with Crippen LogP contribution >= 0.6 is 0 Å². The Hall–Kier alpha value is -1.32. The van der Waals surface area contributed by atoms with E-state index in [2.05, 4.69) is 30.5 Å². The number of ether oxygens (including phenoxy) is 1. The maximum absolute atomic E-state index is 9.96. The SMILES string of the molecule is CCc1cccc(OCC(O)CNC2CC=CCC2)c1. The van der Waals surface area contributed by atoms with E-state index in [4.69, 9.17) is 4.74 Å². The predicted molar refractivity (Wildman–Crippen MR) is 82.1 cm³/mol. The van der Waals surface area contributed by atoms with Crippen LogP contribution in [-0.2, 0) is 6.42 Å². The molecule has 0 spiro atoms. The number of hydrogen-bond donors (Lipinski definition) is 2. The summed E-state index contributed by atoms with van der Waals surface area (Å²) in [4.78, 5) is 0. The van der Waals surface area contributed by atoms with E-state index in [1.54, 1.807) is 0 Å². The Balaban J connectivity index is 1.68. The van der Waals surface area contributed by atoms with Crippen LogP contribution in [0, 0.1) is 0 Å². The van der Waals surface area contributed by atoms with Crippen LogP contribution in [-0.4, -0.2) is 30.4 Å². The van der Waals surface area contributed by atoms with Crippen LogP contribution in [0.5, 0.6) is 5.75 Å². The number of aliphatic hydroxyl groups excluding tert-OH is 1. The van der Waals surface area contributed by atoms with E-state index in [1.165, 1.54) is 5.56 Å². The van der Waals surface area contributed by atoms with Crippen LogP contribution in [0.4, 0.5) is 0 Å². The van der Waals surface area contributed by atoms with Crippen molar-refractivity contribution in [2.45, 2.75) is 44.8 Å². The van der Waals surface area contributed by atoms with Gasteiger partial charge in [-0.1, -0.05) is 31.2 Å². The molecule has 1 aliphatic carbocycles. The minimum atomic E-state index is -0.466. The Morgan fingerprint density at radius 3 is 3.05 bits per heavy atom. The number of benzene rings is 1. The van der Waals surface area contributed by atoms with Crippen molar-refractivity contribution in [3.63, 3.8) is 0 Å². The number of hydrogen-bond acceptors (Lipinski definition) is 3. The van der Waals surface area contributed by atoms with Gasteiger partial charge in [0.15, 0.2) is 0 Å². The molecule has 110 valence electrons. The third kappa shape index (κ3) is 4.99. The first-order valence-corrected chi connectivity index (χ1v) is 7.56. The third-order valence-corrected chi connectivity index (χ3v) is 3.66. The van der Waals surface area contributed by atoms with Gasteiger partial charge in [-0.15, -0.1) is 0 Å². The van der Waals surface area contributed by atoms with Crippen LogP contribution in [0.2, 0.25) is 0 Å². The molecule has 1 aromatic carbocycles. The predicted octanol–water partition coefficient (Wildman–Crippen LogP) is 2.69. The van der Waals surface area contributed by atoms with Crippen molar-refractivity contribution >= 4 is 0 Å². The molecule has 2 atom stereocenters. The largest absolute Gasteiger partial charge is 0.491 e. The normalized spacial score (nSPS) is 19.8. The lowest BCUT2D eigenvalue weighted by Crippen LogP contribution is -2.38. The monoisotopic (exact) mass is 275 g/mol. The molecule has 1 aliphatic rings. The van der Waals surface area contributed by atoms with Gasteiger partial charge in [0.05, 0.1) is 0 Å². The second-order valence-electron chi connectivity index (χ2n) is 5.36. The van der Waals surface area contributed by atoms with Gasteiger partial charge in [-0.3, -0.25) is 0 Å². The zero-order chi connectivity index (χ0) is 14.2. The fourth-order valence-corrected chi connectivity index (χ4v) is 2.39.